The average molecular weight is 582 g/mol. The predicted molar refractivity (Wildman–Crippen MR) is 153 cm³/mol. The lowest BCUT2D eigenvalue weighted by molar-refractivity contribution is 0.318. The van der Waals surface area contributed by atoms with Crippen molar-refractivity contribution in [2.75, 3.05) is 11.4 Å². The van der Waals surface area contributed by atoms with Crippen LogP contribution in [0.25, 0.3) is 0 Å². The molecule has 0 radical (unpaired) electrons. The van der Waals surface area contributed by atoms with E-state index in [9.17, 15) is 13.7 Å². The standard InChI is InChI=1S/C28H24N6O2S.2ClH/c29-14-22-6-9-27(10-7-22)37(35,36)34-17-24-12-23(15-30)8-11-28(24)33(18-25-16-31-20-32-25)19-26(34)13-21-4-2-1-3-5-21;;/h1-12,16,20,26H,13,17-19H2,(H,31,32);2*1H/t26-;;/m1../s1. The van der Waals surface area contributed by atoms with Gasteiger partial charge in [-0.2, -0.15) is 14.8 Å². The number of hydrogen-bond donors (Lipinski definition) is 1. The average Bonchev–Trinajstić information content (AvgIpc) is 3.39. The molecule has 4 aromatic rings. The molecule has 2 heterocycles. The zero-order valence-corrected chi connectivity index (χ0v) is 23.2. The molecule has 0 fully saturated rings. The van der Waals surface area contributed by atoms with Gasteiger partial charge >= 0.3 is 0 Å². The summed E-state index contributed by atoms with van der Waals surface area (Å²) < 4.78 is 29.7. The Morgan fingerprint density at radius 2 is 1.64 bits per heavy atom. The van der Waals surface area contributed by atoms with Gasteiger partial charge in [0.1, 0.15) is 0 Å². The minimum atomic E-state index is -3.93. The third-order valence-electron chi connectivity index (χ3n) is 6.53. The van der Waals surface area contributed by atoms with Crippen LogP contribution in [0, 0.1) is 22.7 Å². The summed E-state index contributed by atoms with van der Waals surface area (Å²) in [6.07, 6.45) is 3.89. The minimum Gasteiger partial charge on any atom is -0.364 e. The van der Waals surface area contributed by atoms with Crippen molar-refractivity contribution in [3.63, 3.8) is 0 Å². The Balaban J connectivity index is 0.00000210. The fourth-order valence-corrected chi connectivity index (χ4v) is 6.32. The van der Waals surface area contributed by atoms with Gasteiger partial charge in [0.25, 0.3) is 0 Å². The molecule has 0 saturated heterocycles. The van der Waals surface area contributed by atoms with Gasteiger partial charge in [0, 0.05) is 31.0 Å². The summed E-state index contributed by atoms with van der Waals surface area (Å²) in [5.74, 6) is 0. The van der Waals surface area contributed by atoms with E-state index >= 15 is 0 Å². The summed E-state index contributed by atoms with van der Waals surface area (Å²) in [6.45, 7) is 1.06. The summed E-state index contributed by atoms with van der Waals surface area (Å²) >= 11 is 0. The molecule has 1 atom stereocenters. The highest BCUT2D eigenvalue weighted by Crippen LogP contribution is 2.33. The Morgan fingerprint density at radius 1 is 0.949 bits per heavy atom. The number of nitrogens with zero attached hydrogens (tertiary/aromatic N) is 5. The van der Waals surface area contributed by atoms with Crippen LogP contribution in [0.1, 0.15) is 27.9 Å². The Labute approximate surface area is 240 Å². The van der Waals surface area contributed by atoms with E-state index in [-0.39, 0.29) is 36.3 Å². The topological polar surface area (TPSA) is 117 Å². The van der Waals surface area contributed by atoms with Gasteiger partial charge in [0.05, 0.1) is 46.7 Å². The predicted octanol–water partition coefficient (Wildman–Crippen LogP) is 4.82. The molecule has 1 aliphatic heterocycles. The number of benzene rings is 3. The van der Waals surface area contributed by atoms with Gasteiger partial charge in [0.2, 0.25) is 10.0 Å². The van der Waals surface area contributed by atoms with E-state index in [1.54, 1.807) is 24.7 Å². The van der Waals surface area contributed by atoms with Crippen molar-refractivity contribution in [3.8, 4) is 12.1 Å². The number of imidazole rings is 1. The van der Waals surface area contributed by atoms with Gasteiger partial charge in [-0.15, -0.1) is 24.8 Å². The maximum absolute atomic E-state index is 14.1. The summed E-state index contributed by atoms with van der Waals surface area (Å²) in [7, 11) is -3.93. The highest BCUT2D eigenvalue weighted by Gasteiger charge is 2.36. The molecule has 0 saturated carbocycles. The van der Waals surface area contributed by atoms with Crippen LogP contribution in [0.5, 0.6) is 0 Å². The zero-order valence-electron chi connectivity index (χ0n) is 20.8. The van der Waals surface area contributed by atoms with Gasteiger partial charge in [-0.1, -0.05) is 30.3 Å². The first-order valence-electron chi connectivity index (χ1n) is 11.8. The number of hydrogen-bond acceptors (Lipinski definition) is 6. The first-order valence-corrected chi connectivity index (χ1v) is 13.2. The maximum Gasteiger partial charge on any atom is 0.243 e. The third-order valence-corrected chi connectivity index (χ3v) is 8.45. The molecule has 200 valence electrons. The van der Waals surface area contributed by atoms with Crippen molar-refractivity contribution in [2.24, 2.45) is 0 Å². The molecule has 1 aromatic heterocycles. The third kappa shape index (κ3) is 6.42. The summed E-state index contributed by atoms with van der Waals surface area (Å²) in [6, 6.07) is 25.0. The van der Waals surface area contributed by atoms with Crippen molar-refractivity contribution in [1.82, 2.24) is 14.3 Å². The van der Waals surface area contributed by atoms with E-state index in [2.05, 4.69) is 20.9 Å². The Hall–Kier alpha value is -3.86. The number of aromatic nitrogens is 2. The van der Waals surface area contributed by atoms with E-state index < -0.39 is 16.1 Å². The van der Waals surface area contributed by atoms with E-state index in [0.717, 1.165) is 22.5 Å². The molecule has 39 heavy (non-hydrogen) atoms. The number of rotatable bonds is 6. The largest absolute Gasteiger partial charge is 0.364 e. The summed E-state index contributed by atoms with van der Waals surface area (Å²) in [4.78, 5) is 9.55. The van der Waals surface area contributed by atoms with Crippen LogP contribution in [-0.2, 0) is 29.5 Å². The maximum atomic E-state index is 14.1. The van der Waals surface area contributed by atoms with Crippen LogP contribution in [0.3, 0.4) is 0 Å². The summed E-state index contributed by atoms with van der Waals surface area (Å²) in [5.41, 5.74) is 4.42. The van der Waals surface area contributed by atoms with Crippen molar-refractivity contribution in [3.05, 3.63) is 113 Å². The van der Waals surface area contributed by atoms with Gasteiger partial charge in [0.15, 0.2) is 0 Å². The fourth-order valence-electron chi connectivity index (χ4n) is 4.73. The molecular weight excluding hydrogens is 555 g/mol. The van der Waals surface area contributed by atoms with Crippen molar-refractivity contribution < 1.29 is 8.42 Å². The first kappa shape index (κ1) is 29.7. The van der Waals surface area contributed by atoms with Crippen molar-refractivity contribution in [2.45, 2.75) is 30.4 Å². The number of H-pyrrole nitrogens is 1. The molecule has 0 aliphatic carbocycles. The quantitative estimate of drug-likeness (QED) is 0.349. The van der Waals surface area contributed by atoms with Gasteiger partial charge in [-0.3, -0.25) is 0 Å². The lowest BCUT2D eigenvalue weighted by atomic mass is 10.1. The molecule has 0 spiro atoms. The normalized spacial score (nSPS) is 15.0. The highest BCUT2D eigenvalue weighted by molar-refractivity contribution is 7.89. The molecule has 1 N–H and O–H groups in total. The number of aromatic amines is 1. The van der Waals surface area contributed by atoms with Crippen LogP contribution in [-0.4, -0.2) is 35.3 Å². The van der Waals surface area contributed by atoms with Crippen molar-refractivity contribution >= 4 is 40.5 Å². The van der Waals surface area contributed by atoms with Crippen LogP contribution < -0.4 is 4.90 Å². The minimum absolute atomic E-state index is 0. The monoisotopic (exact) mass is 580 g/mol. The van der Waals surface area contributed by atoms with Crippen LogP contribution in [0.15, 0.2) is 90.2 Å². The van der Waals surface area contributed by atoms with Gasteiger partial charge in [-0.05, 0) is 60.0 Å². The molecular formula is C28H26Cl2N6O2S. The lowest BCUT2D eigenvalue weighted by Crippen LogP contribution is -2.45. The van der Waals surface area contributed by atoms with Crippen molar-refractivity contribution in [1.29, 1.82) is 10.5 Å². The van der Waals surface area contributed by atoms with Gasteiger partial charge < -0.3 is 9.88 Å². The first-order chi connectivity index (χ1) is 18.0. The van der Waals surface area contributed by atoms with Gasteiger partial charge in [-0.25, -0.2) is 13.4 Å². The number of nitrogens with one attached hydrogen (secondary N) is 1. The van der Waals surface area contributed by atoms with Crippen LogP contribution >= 0.6 is 24.8 Å². The van der Waals surface area contributed by atoms with E-state index in [4.69, 9.17) is 5.26 Å². The Morgan fingerprint density at radius 3 is 2.28 bits per heavy atom. The second-order valence-electron chi connectivity index (χ2n) is 8.94. The second-order valence-corrected chi connectivity index (χ2v) is 10.8. The molecule has 0 unspecified atom stereocenters. The molecule has 0 bridgehead atoms. The number of sulfonamides is 1. The summed E-state index contributed by atoms with van der Waals surface area (Å²) in [5, 5.41) is 18.7. The molecule has 0 amide bonds. The smallest absolute Gasteiger partial charge is 0.243 e. The SMILES string of the molecule is Cl.Cl.N#Cc1ccc(S(=O)(=O)N2Cc3cc(C#N)ccc3N(Cc3cnc[nH]3)C[C@H]2Cc2ccccc2)cc1. The Kier molecular flexibility index (Phi) is 9.74. The fraction of sp³-hybridized carbons (Fsp3) is 0.179. The van der Waals surface area contributed by atoms with E-state index in [0.29, 0.717) is 30.6 Å². The number of halogens is 2. The zero-order chi connectivity index (χ0) is 25.8. The molecule has 1 aliphatic rings. The van der Waals surface area contributed by atoms with Crippen LogP contribution in [0.2, 0.25) is 0 Å². The van der Waals surface area contributed by atoms with E-state index in [1.165, 1.54) is 28.6 Å². The molecule has 8 nitrogen and oxygen atoms in total. The molecule has 5 rings (SSSR count). The van der Waals surface area contributed by atoms with E-state index in [1.807, 2.05) is 42.5 Å². The Bertz CT molecular complexity index is 1580. The number of nitriles is 2. The number of fused-ring (bicyclic) bond motifs is 1. The number of anilines is 1. The highest BCUT2D eigenvalue weighted by atomic mass is 35.5. The molecule has 3 aromatic carbocycles. The lowest BCUT2D eigenvalue weighted by Gasteiger charge is -2.32. The molecule has 11 heteroatoms. The van der Waals surface area contributed by atoms with Crippen LogP contribution in [0.4, 0.5) is 5.69 Å². The second kappa shape index (κ2) is 12.8.